The molecule has 0 radical (unpaired) electrons. The van der Waals surface area contributed by atoms with Gasteiger partial charge in [0.05, 0.1) is 0 Å². The van der Waals surface area contributed by atoms with Crippen LogP contribution in [0.1, 0.15) is 25.0 Å². The van der Waals surface area contributed by atoms with Crippen LogP contribution in [-0.4, -0.2) is 22.4 Å². The van der Waals surface area contributed by atoms with Crippen molar-refractivity contribution in [3.05, 3.63) is 47.5 Å². The molecular weight excluding hydrogens is 248 g/mol. The second-order valence-electron chi connectivity index (χ2n) is 4.22. The summed E-state index contributed by atoms with van der Waals surface area (Å²) >= 11 is 0. The predicted molar refractivity (Wildman–Crippen MR) is 83.4 cm³/mol. The van der Waals surface area contributed by atoms with Gasteiger partial charge in [-0.2, -0.15) is 0 Å². The molecule has 0 saturated carbocycles. The third-order valence-corrected chi connectivity index (χ3v) is 2.27. The molecular formula is C18H18O2. The summed E-state index contributed by atoms with van der Waals surface area (Å²) in [4.78, 5) is 0. The maximum atomic E-state index is 9.04. The molecule has 2 N–H and O–H groups in total. The SMILES string of the molecule is CC(O)C#CC=Cc1ccccc1C=CC#CC(C)O. The summed E-state index contributed by atoms with van der Waals surface area (Å²) in [5, 5.41) is 18.1. The van der Waals surface area contributed by atoms with E-state index in [1.807, 2.05) is 36.4 Å². The molecule has 0 bridgehead atoms. The van der Waals surface area contributed by atoms with Gasteiger partial charge in [0.15, 0.2) is 0 Å². The summed E-state index contributed by atoms with van der Waals surface area (Å²) in [6.07, 6.45) is 5.95. The van der Waals surface area contributed by atoms with Gasteiger partial charge >= 0.3 is 0 Å². The van der Waals surface area contributed by atoms with Gasteiger partial charge in [0.25, 0.3) is 0 Å². The molecule has 0 aliphatic rings. The summed E-state index contributed by atoms with van der Waals surface area (Å²) in [6, 6.07) is 7.84. The molecule has 0 amide bonds. The molecule has 0 aliphatic heterocycles. The summed E-state index contributed by atoms with van der Waals surface area (Å²) in [6.45, 7) is 3.25. The first-order valence-electron chi connectivity index (χ1n) is 6.40. The van der Waals surface area contributed by atoms with Crippen molar-refractivity contribution in [3.8, 4) is 23.7 Å². The van der Waals surface area contributed by atoms with Crippen molar-refractivity contribution in [1.82, 2.24) is 0 Å². The summed E-state index contributed by atoms with van der Waals surface area (Å²) < 4.78 is 0. The second-order valence-corrected chi connectivity index (χ2v) is 4.22. The highest BCUT2D eigenvalue weighted by molar-refractivity contribution is 5.67. The number of aliphatic hydroxyl groups excluding tert-OH is 2. The van der Waals surface area contributed by atoms with Crippen molar-refractivity contribution in [2.75, 3.05) is 0 Å². The van der Waals surface area contributed by atoms with Crippen molar-refractivity contribution < 1.29 is 10.2 Å². The third kappa shape index (κ3) is 6.61. The van der Waals surface area contributed by atoms with E-state index in [1.54, 1.807) is 26.0 Å². The van der Waals surface area contributed by atoms with E-state index >= 15 is 0 Å². The largest absolute Gasteiger partial charge is 0.381 e. The zero-order valence-corrected chi connectivity index (χ0v) is 11.7. The van der Waals surface area contributed by atoms with Gasteiger partial charge in [0.2, 0.25) is 0 Å². The molecule has 0 aliphatic carbocycles. The van der Waals surface area contributed by atoms with Gasteiger partial charge in [-0.3, -0.25) is 0 Å². The Morgan fingerprint density at radius 2 is 1.25 bits per heavy atom. The van der Waals surface area contributed by atoms with Gasteiger partial charge in [-0.15, -0.1) is 0 Å². The Morgan fingerprint density at radius 3 is 1.60 bits per heavy atom. The highest BCUT2D eigenvalue weighted by Crippen LogP contribution is 2.12. The number of allylic oxidation sites excluding steroid dienone is 2. The van der Waals surface area contributed by atoms with Crippen LogP contribution in [0.4, 0.5) is 0 Å². The molecule has 0 fully saturated rings. The van der Waals surface area contributed by atoms with Gasteiger partial charge in [-0.05, 0) is 49.3 Å². The summed E-state index contributed by atoms with van der Waals surface area (Å²) in [5.41, 5.74) is 2.03. The van der Waals surface area contributed by atoms with Crippen LogP contribution >= 0.6 is 0 Å². The smallest absolute Gasteiger partial charge is 0.112 e. The topological polar surface area (TPSA) is 40.5 Å². The lowest BCUT2D eigenvalue weighted by Gasteiger charge is -1.98. The van der Waals surface area contributed by atoms with Crippen LogP contribution in [0, 0.1) is 23.7 Å². The molecule has 1 aromatic carbocycles. The first-order valence-corrected chi connectivity index (χ1v) is 6.40. The molecule has 2 atom stereocenters. The standard InChI is InChI=1S/C18H18O2/c1-15(19)9-3-5-11-17-13-7-8-14-18(17)12-6-4-10-16(2)20/h5-8,11-16,19-20H,1-2H3. The maximum Gasteiger partial charge on any atom is 0.112 e. The van der Waals surface area contributed by atoms with E-state index in [4.69, 9.17) is 10.2 Å². The Balaban J connectivity index is 2.85. The van der Waals surface area contributed by atoms with E-state index in [9.17, 15) is 0 Å². The van der Waals surface area contributed by atoms with Gasteiger partial charge in [-0.25, -0.2) is 0 Å². The Bertz CT molecular complexity index is 545. The minimum atomic E-state index is -0.620. The van der Waals surface area contributed by atoms with Crippen LogP contribution in [0.2, 0.25) is 0 Å². The van der Waals surface area contributed by atoms with Crippen LogP contribution in [0.25, 0.3) is 12.2 Å². The van der Waals surface area contributed by atoms with Gasteiger partial charge in [-0.1, -0.05) is 47.9 Å². The highest BCUT2D eigenvalue weighted by atomic mass is 16.3. The number of aliphatic hydroxyl groups is 2. The van der Waals surface area contributed by atoms with Crippen molar-refractivity contribution in [1.29, 1.82) is 0 Å². The van der Waals surface area contributed by atoms with Crippen LogP contribution in [0.5, 0.6) is 0 Å². The lowest BCUT2D eigenvalue weighted by atomic mass is 10.1. The van der Waals surface area contributed by atoms with Crippen molar-refractivity contribution >= 4 is 12.2 Å². The fourth-order valence-corrected chi connectivity index (χ4v) is 1.41. The molecule has 102 valence electrons. The van der Waals surface area contributed by atoms with Gasteiger partial charge in [0, 0.05) is 0 Å². The quantitative estimate of drug-likeness (QED) is 0.807. The van der Waals surface area contributed by atoms with Crippen LogP contribution < -0.4 is 0 Å². The lowest BCUT2D eigenvalue weighted by Crippen LogP contribution is -1.91. The number of hydrogen-bond acceptors (Lipinski definition) is 2. The number of rotatable bonds is 2. The molecule has 2 heteroatoms. The monoisotopic (exact) mass is 266 g/mol. The fraction of sp³-hybridized carbons (Fsp3) is 0.222. The zero-order valence-electron chi connectivity index (χ0n) is 11.7. The lowest BCUT2D eigenvalue weighted by molar-refractivity contribution is 0.253. The fourth-order valence-electron chi connectivity index (χ4n) is 1.41. The molecule has 0 heterocycles. The predicted octanol–water partition coefficient (Wildman–Crippen LogP) is 2.48. The molecule has 2 nitrogen and oxygen atoms in total. The first kappa shape index (κ1) is 15.8. The van der Waals surface area contributed by atoms with E-state index < -0.39 is 12.2 Å². The average molecular weight is 266 g/mol. The first-order chi connectivity index (χ1) is 9.59. The molecule has 0 saturated heterocycles. The van der Waals surface area contributed by atoms with Crippen LogP contribution in [0.15, 0.2) is 36.4 Å². The Kier molecular flexibility index (Phi) is 6.93. The van der Waals surface area contributed by atoms with Crippen molar-refractivity contribution in [2.24, 2.45) is 0 Å². The zero-order chi connectivity index (χ0) is 14.8. The molecule has 1 aromatic rings. The van der Waals surface area contributed by atoms with E-state index in [1.165, 1.54) is 0 Å². The van der Waals surface area contributed by atoms with Crippen molar-refractivity contribution in [3.63, 3.8) is 0 Å². The van der Waals surface area contributed by atoms with E-state index in [0.717, 1.165) is 11.1 Å². The van der Waals surface area contributed by atoms with E-state index in [2.05, 4.69) is 23.7 Å². The Morgan fingerprint density at radius 1 is 0.850 bits per heavy atom. The van der Waals surface area contributed by atoms with Gasteiger partial charge in [0.1, 0.15) is 12.2 Å². The van der Waals surface area contributed by atoms with E-state index in [0.29, 0.717) is 0 Å². The van der Waals surface area contributed by atoms with Crippen molar-refractivity contribution in [2.45, 2.75) is 26.1 Å². The minimum absolute atomic E-state index is 0.620. The maximum absolute atomic E-state index is 9.04. The molecule has 0 aromatic heterocycles. The normalized spacial score (nSPS) is 13.4. The third-order valence-electron chi connectivity index (χ3n) is 2.27. The second kappa shape index (κ2) is 8.77. The minimum Gasteiger partial charge on any atom is -0.381 e. The number of hydrogen-bond donors (Lipinski definition) is 2. The highest BCUT2D eigenvalue weighted by Gasteiger charge is 1.92. The average Bonchev–Trinajstić information content (AvgIpc) is 2.40. The Hall–Kier alpha value is -2.26. The molecule has 20 heavy (non-hydrogen) atoms. The van der Waals surface area contributed by atoms with Crippen LogP contribution in [-0.2, 0) is 0 Å². The number of benzene rings is 1. The van der Waals surface area contributed by atoms with E-state index in [-0.39, 0.29) is 0 Å². The van der Waals surface area contributed by atoms with Gasteiger partial charge < -0.3 is 10.2 Å². The summed E-state index contributed by atoms with van der Waals surface area (Å²) in [7, 11) is 0. The molecule has 1 rings (SSSR count). The Labute approximate surface area is 120 Å². The molecule has 2 unspecified atom stereocenters. The van der Waals surface area contributed by atoms with Crippen LogP contribution in [0.3, 0.4) is 0 Å². The molecule has 0 spiro atoms. The summed E-state index contributed by atoms with van der Waals surface area (Å²) in [5.74, 6) is 10.9.